The summed E-state index contributed by atoms with van der Waals surface area (Å²) in [5, 5.41) is 15.3. The van der Waals surface area contributed by atoms with Crippen LogP contribution >= 0.6 is 0 Å². The Morgan fingerprint density at radius 3 is 2.81 bits per heavy atom. The summed E-state index contributed by atoms with van der Waals surface area (Å²) in [5.41, 5.74) is 4.28. The Morgan fingerprint density at radius 1 is 1.33 bits per heavy atom. The van der Waals surface area contributed by atoms with E-state index in [1.54, 1.807) is 4.68 Å². The lowest BCUT2D eigenvalue weighted by atomic mass is 10.1. The van der Waals surface area contributed by atoms with Crippen molar-refractivity contribution in [1.29, 1.82) is 0 Å². The summed E-state index contributed by atoms with van der Waals surface area (Å²) in [6.07, 6.45) is 5.22. The van der Waals surface area contributed by atoms with Gasteiger partial charge in [0, 0.05) is 30.1 Å². The first-order valence-corrected chi connectivity index (χ1v) is 6.76. The van der Waals surface area contributed by atoms with Crippen molar-refractivity contribution in [3.63, 3.8) is 0 Å². The zero-order valence-corrected chi connectivity index (χ0v) is 12.2. The minimum absolute atomic E-state index is 0.187. The van der Waals surface area contributed by atoms with Crippen LogP contribution in [0.4, 0.5) is 5.69 Å². The summed E-state index contributed by atoms with van der Waals surface area (Å²) >= 11 is 0. The van der Waals surface area contributed by atoms with Crippen LogP contribution in [0.5, 0.6) is 0 Å². The number of rotatable bonds is 4. The summed E-state index contributed by atoms with van der Waals surface area (Å²) in [6, 6.07) is 6.22. The van der Waals surface area contributed by atoms with Gasteiger partial charge in [-0.05, 0) is 37.6 Å². The van der Waals surface area contributed by atoms with Crippen molar-refractivity contribution in [2.45, 2.75) is 19.9 Å². The van der Waals surface area contributed by atoms with Crippen LogP contribution in [0, 0.1) is 6.92 Å². The lowest BCUT2D eigenvalue weighted by molar-refractivity contribution is 0.568. The van der Waals surface area contributed by atoms with Crippen molar-refractivity contribution in [2.24, 2.45) is 7.05 Å². The Labute approximate surface area is 122 Å². The third-order valence-electron chi connectivity index (χ3n) is 3.43. The Hall–Kier alpha value is -2.63. The smallest absolute Gasteiger partial charge is 0.247 e. The Bertz CT molecular complexity index is 732. The zero-order chi connectivity index (χ0) is 14.8. The van der Waals surface area contributed by atoms with Crippen LogP contribution in [0.3, 0.4) is 0 Å². The molecule has 6 heteroatoms. The van der Waals surface area contributed by atoms with Crippen LogP contribution in [0.25, 0.3) is 11.5 Å². The molecule has 0 saturated heterocycles. The van der Waals surface area contributed by atoms with Gasteiger partial charge in [-0.3, -0.25) is 4.68 Å². The van der Waals surface area contributed by atoms with Crippen LogP contribution in [0.2, 0.25) is 0 Å². The third kappa shape index (κ3) is 2.79. The second kappa shape index (κ2) is 5.40. The van der Waals surface area contributed by atoms with E-state index >= 15 is 0 Å². The molecule has 0 aliphatic rings. The van der Waals surface area contributed by atoms with Crippen LogP contribution < -0.4 is 5.32 Å². The third-order valence-corrected chi connectivity index (χ3v) is 3.43. The van der Waals surface area contributed by atoms with E-state index in [-0.39, 0.29) is 6.04 Å². The SMILES string of the molecule is Cc1cc(-c2nnco2)ccc1NC(C)c1cnn(C)c1. The minimum atomic E-state index is 0.187. The summed E-state index contributed by atoms with van der Waals surface area (Å²) < 4.78 is 7.02. The van der Waals surface area contributed by atoms with Gasteiger partial charge >= 0.3 is 0 Å². The fraction of sp³-hybridized carbons (Fsp3) is 0.267. The van der Waals surface area contributed by atoms with Gasteiger partial charge in [0.15, 0.2) is 0 Å². The van der Waals surface area contributed by atoms with E-state index in [9.17, 15) is 0 Å². The number of aromatic nitrogens is 4. The van der Waals surface area contributed by atoms with Crippen molar-refractivity contribution in [2.75, 3.05) is 5.32 Å². The first-order valence-electron chi connectivity index (χ1n) is 6.76. The molecule has 0 spiro atoms. The average Bonchev–Trinajstić information content (AvgIpc) is 3.12. The molecule has 0 bridgehead atoms. The number of hydrogen-bond acceptors (Lipinski definition) is 5. The van der Waals surface area contributed by atoms with Crippen LogP contribution in [-0.4, -0.2) is 20.0 Å². The molecular formula is C15H17N5O. The molecule has 0 aliphatic heterocycles. The van der Waals surface area contributed by atoms with Gasteiger partial charge in [-0.25, -0.2) is 0 Å². The van der Waals surface area contributed by atoms with E-state index in [1.807, 2.05) is 37.6 Å². The number of nitrogens with zero attached hydrogens (tertiary/aromatic N) is 4. The highest BCUT2D eigenvalue weighted by atomic mass is 16.4. The zero-order valence-electron chi connectivity index (χ0n) is 12.2. The maximum atomic E-state index is 5.21. The molecule has 1 unspecified atom stereocenters. The fourth-order valence-electron chi connectivity index (χ4n) is 2.24. The lowest BCUT2D eigenvalue weighted by Gasteiger charge is -2.16. The standard InChI is InChI=1S/C15H17N5O/c1-10-6-12(15-19-16-9-21-15)4-5-14(10)18-11(2)13-7-17-20(3)8-13/h4-9,11,18H,1-3H3. The summed E-state index contributed by atoms with van der Waals surface area (Å²) in [5.74, 6) is 0.532. The van der Waals surface area contributed by atoms with E-state index in [4.69, 9.17) is 4.42 Å². The second-order valence-corrected chi connectivity index (χ2v) is 5.09. The molecule has 2 aromatic heterocycles. The Kier molecular flexibility index (Phi) is 3.43. The first-order chi connectivity index (χ1) is 10.1. The summed E-state index contributed by atoms with van der Waals surface area (Å²) in [4.78, 5) is 0. The molecule has 21 heavy (non-hydrogen) atoms. The highest BCUT2D eigenvalue weighted by molar-refractivity contribution is 5.62. The van der Waals surface area contributed by atoms with Crippen molar-refractivity contribution >= 4 is 5.69 Å². The van der Waals surface area contributed by atoms with Crippen LogP contribution in [0.1, 0.15) is 24.1 Å². The highest BCUT2D eigenvalue weighted by Gasteiger charge is 2.10. The van der Waals surface area contributed by atoms with Gasteiger partial charge in [0.05, 0.1) is 12.2 Å². The number of nitrogens with one attached hydrogen (secondary N) is 1. The van der Waals surface area contributed by atoms with E-state index in [0.717, 1.165) is 22.4 Å². The molecule has 0 fully saturated rings. The van der Waals surface area contributed by atoms with Crippen molar-refractivity contribution in [3.05, 3.63) is 48.1 Å². The number of anilines is 1. The molecule has 1 N–H and O–H groups in total. The quantitative estimate of drug-likeness (QED) is 0.797. The van der Waals surface area contributed by atoms with Gasteiger partial charge in [0.1, 0.15) is 0 Å². The minimum Gasteiger partial charge on any atom is -0.423 e. The average molecular weight is 283 g/mol. The molecule has 6 nitrogen and oxygen atoms in total. The normalized spacial score (nSPS) is 12.3. The van der Waals surface area contributed by atoms with Crippen molar-refractivity contribution < 1.29 is 4.42 Å². The molecule has 0 radical (unpaired) electrons. The monoisotopic (exact) mass is 283 g/mol. The highest BCUT2D eigenvalue weighted by Crippen LogP contribution is 2.26. The molecule has 0 saturated carbocycles. The van der Waals surface area contributed by atoms with E-state index in [2.05, 4.69) is 34.5 Å². The van der Waals surface area contributed by atoms with Gasteiger partial charge < -0.3 is 9.73 Å². The van der Waals surface area contributed by atoms with E-state index in [0.29, 0.717) is 5.89 Å². The molecule has 3 rings (SSSR count). The number of hydrogen-bond donors (Lipinski definition) is 1. The number of aryl methyl sites for hydroxylation is 2. The summed E-state index contributed by atoms with van der Waals surface area (Å²) in [6.45, 7) is 4.17. The second-order valence-electron chi connectivity index (χ2n) is 5.09. The predicted molar refractivity (Wildman–Crippen MR) is 79.7 cm³/mol. The molecule has 2 heterocycles. The lowest BCUT2D eigenvalue weighted by Crippen LogP contribution is -2.07. The fourth-order valence-corrected chi connectivity index (χ4v) is 2.24. The first kappa shape index (κ1) is 13.4. The topological polar surface area (TPSA) is 68.8 Å². The van der Waals surface area contributed by atoms with E-state index in [1.165, 1.54) is 6.39 Å². The van der Waals surface area contributed by atoms with Gasteiger partial charge in [0.25, 0.3) is 0 Å². The maximum Gasteiger partial charge on any atom is 0.247 e. The van der Waals surface area contributed by atoms with Gasteiger partial charge in [-0.1, -0.05) is 0 Å². The van der Waals surface area contributed by atoms with Gasteiger partial charge in [-0.15, -0.1) is 10.2 Å². The molecule has 3 aromatic rings. The molecule has 1 atom stereocenters. The molecule has 1 aromatic carbocycles. The van der Waals surface area contributed by atoms with Gasteiger partial charge in [-0.2, -0.15) is 5.10 Å². The number of benzene rings is 1. The molecular weight excluding hydrogens is 266 g/mol. The van der Waals surface area contributed by atoms with Gasteiger partial charge in [0.2, 0.25) is 12.3 Å². The Morgan fingerprint density at radius 2 is 2.19 bits per heavy atom. The largest absolute Gasteiger partial charge is 0.423 e. The molecule has 0 aliphatic carbocycles. The predicted octanol–water partition coefficient (Wildman–Crippen LogP) is 2.95. The molecule has 108 valence electrons. The van der Waals surface area contributed by atoms with Crippen LogP contribution in [-0.2, 0) is 7.05 Å². The van der Waals surface area contributed by atoms with Crippen LogP contribution in [0.15, 0.2) is 41.4 Å². The van der Waals surface area contributed by atoms with Crippen molar-refractivity contribution in [3.8, 4) is 11.5 Å². The van der Waals surface area contributed by atoms with E-state index < -0.39 is 0 Å². The molecule has 0 amide bonds. The summed E-state index contributed by atoms with van der Waals surface area (Å²) in [7, 11) is 1.92. The maximum absolute atomic E-state index is 5.21. The van der Waals surface area contributed by atoms with Crippen molar-refractivity contribution in [1.82, 2.24) is 20.0 Å². The Balaban J connectivity index is 1.80.